The molecule has 2 heteroatoms. The minimum Gasteiger partial charge on any atom is -0.296 e. The van der Waals surface area contributed by atoms with Gasteiger partial charge in [0.25, 0.3) is 0 Å². The van der Waals surface area contributed by atoms with E-state index in [0.29, 0.717) is 0 Å². The molecule has 0 unspecified atom stereocenters. The SMILES string of the molecule is CCc1nc2ccccc2n1-c1ccc(-c2ccc(-c3cc4ccc5cccc6c7ccccc7c7ccccc7c(c3)c4c56)cc2)cc1. The van der Waals surface area contributed by atoms with Gasteiger partial charge in [-0.2, -0.15) is 0 Å². The zero-order valence-electron chi connectivity index (χ0n) is 27.2. The molecule has 0 aliphatic rings. The van der Waals surface area contributed by atoms with Crippen molar-refractivity contribution in [2.45, 2.75) is 13.3 Å². The Morgan fingerprint density at radius 3 is 1.65 bits per heavy atom. The van der Waals surface area contributed by atoms with Crippen LogP contribution in [-0.2, 0) is 6.42 Å². The highest BCUT2D eigenvalue weighted by atomic mass is 15.1. The highest BCUT2D eigenvalue weighted by Gasteiger charge is 2.15. The Bertz CT molecular complexity index is 2890. The Kier molecular flexibility index (Phi) is 6.19. The zero-order chi connectivity index (χ0) is 32.5. The Balaban J connectivity index is 1.12. The van der Waals surface area contributed by atoms with Gasteiger partial charge in [0.05, 0.1) is 11.0 Å². The van der Waals surface area contributed by atoms with Crippen LogP contribution in [-0.4, -0.2) is 9.55 Å². The summed E-state index contributed by atoms with van der Waals surface area (Å²) in [5.41, 5.74) is 8.16. The lowest BCUT2D eigenvalue weighted by molar-refractivity contribution is 0.908. The largest absolute Gasteiger partial charge is 0.296 e. The second kappa shape index (κ2) is 10.9. The summed E-state index contributed by atoms with van der Waals surface area (Å²) in [5, 5.41) is 12.9. The third-order valence-corrected chi connectivity index (χ3v) is 10.3. The Hall–Kier alpha value is -6.25. The van der Waals surface area contributed by atoms with Crippen molar-refractivity contribution in [2.24, 2.45) is 0 Å². The van der Waals surface area contributed by atoms with Gasteiger partial charge < -0.3 is 0 Å². The molecule has 0 aliphatic heterocycles. The Morgan fingerprint density at radius 1 is 0.429 bits per heavy atom. The topological polar surface area (TPSA) is 17.8 Å². The van der Waals surface area contributed by atoms with Gasteiger partial charge in [-0.05, 0) is 113 Å². The molecule has 1 heterocycles. The maximum absolute atomic E-state index is 4.87. The monoisotopic (exact) mass is 624 g/mol. The number of rotatable bonds is 4. The van der Waals surface area contributed by atoms with Gasteiger partial charge in [0.15, 0.2) is 0 Å². The Labute approximate surface area is 284 Å². The standard InChI is InChI=1S/C47H32N2/c1-2-45-48-43-16-7-8-17-44(43)49(45)36-26-24-31(25-27-36)30-18-20-32(21-19-30)35-28-34-23-22-33-10-9-15-41-39-13-5-3-11-37(39)38-12-4-6-14-40(38)42(29-35)47(34)46(33)41/h3-29H,2H2,1H3. The fourth-order valence-corrected chi connectivity index (χ4v) is 8.01. The van der Waals surface area contributed by atoms with E-state index in [9.17, 15) is 0 Å². The lowest BCUT2D eigenvalue weighted by atomic mass is 9.88. The van der Waals surface area contributed by atoms with Crippen molar-refractivity contribution in [3.63, 3.8) is 0 Å². The number of imidazole rings is 1. The molecular weight excluding hydrogens is 593 g/mol. The summed E-state index contributed by atoms with van der Waals surface area (Å²) < 4.78 is 2.28. The van der Waals surface area contributed by atoms with Crippen molar-refractivity contribution in [1.82, 2.24) is 9.55 Å². The van der Waals surface area contributed by atoms with Crippen LogP contribution in [0.1, 0.15) is 12.7 Å². The summed E-state index contributed by atoms with van der Waals surface area (Å²) in [6.07, 6.45) is 0.880. The first-order valence-electron chi connectivity index (χ1n) is 17.1. The van der Waals surface area contributed by atoms with E-state index in [4.69, 9.17) is 4.98 Å². The van der Waals surface area contributed by atoms with Crippen LogP contribution in [0, 0.1) is 0 Å². The maximum Gasteiger partial charge on any atom is 0.114 e. The molecule has 0 aliphatic carbocycles. The summed E-state index contributed by atoms with van der Waals surface area (Å²) >= 11 is 0. The molecule has 10 aromatic rings. The summed E-state index contributed by atoms with van der Waals surface area (Å²) in [6, 6.07) is 60.2. The van der Waals surface area contributed by atoms with E-state index < -0.39 is 0 Å². The maximum atomic E-state index is 4.87. The molecule has 0 saturated carbocycles. The minimum atomic E-state index is 0.880. The summed E-state index contributed by atoms with van der Waals surface area (Å²) in [7, 11) is 0. The molecule has 9 aromatic carbocycles. The quantitative estimate of drug-likeness (QED) is 0.178. The van der Waals surface area contributed by atoms with E-state index in [1.165, 1.54) is 76.1 Å². The van der Waals surface area contributed by atoms with Crippen molar-refractivity contribution in [3.8, 4) is 27.9 Å². The van der Waals surface area contributed by atoms with Crippen molar-refractivity contribution in [2.75, 3.05) is 0 Å². The fraction of sp³-hybridized carbons (Fsp3) is 0.0426. The number of hydrogen-bond donors (Lipinski definition) is 0. The number of para-hydroxylation sites is 2. The van der Waals surface area contributed by atoms with Crippen molar-refractivity contribution >= 4 is 64.9 Å². The molecule has 2 nitrogen and oxygen atoms in total. The van der Waals surface area contributed by atoms with E-state index in [1.807, 2.05) is 0 Å². The highest BCUT2D eigenvalue weighted by molar-refractivity contribution is 6.33. The average molecular weight is 625 g/mol. The second-order valence-electron chi connectivity index (χ2n) is 13.0. The number of fused-ring (bicyclic) bond motifs is 6. The van der Waals surface area contributed by atoms with Crippen LogP contribution in [0.5, 0.6) is 0 Å². The second-order valence-corrected chi connectivity index (χ2v) is 13.0. The van der Waals surface area contributed by atoms with Crippen LogP contribution in [0.25, 0.3) is 92.8 Å². The van der Waals surface area contributed by atoms with Gasteiger partial charge in [-0.15, -0.1) is 0 Å². The molecule has 0 bridgehead atoms. The smallest absolute Gasteiger partial charge is 0.114 e. The first kappa shape index (κ1) is 27.8. The molecule has 0 N–H and O–H groups in total. The molecule has 230 valence electrons. The molecule has 0 radical (unpaired) electrons. The molecule has 0 amide bonds. The van der Waals surface area contributed by atoms with Crippen molar-refractivity contribution in [1.29, 1.82) is 0 Å². The third kappa shape index (κ3) is 4.31. The fourth-order valence-electron chi connectivity index (χ4n) is 8.01. The minimum absolute atomic E-state index is 0.880. The van der Waals surface area contributed by atoms with Crippen LogP contribution >= 0.6 is 0 Å². The number of benzene rings is 8. The van der Waals surface area contributed by atoms with Crippen LogP contribution in [0.15, 0.2) is 164 Å². The van der Waals surface area contributed by atoms with E-state index in [1.54, 1.807) is 0 Å². The van der Waals surface area contributed by atoms with E-state index >= 15 is 0 Å². The first-order chi connectivity index (χ1) is 24.2. The number of hydrogen-bond acceptors (Lipinski definition) is 1. The summed E-state index contributed by atoms with van der Waals surface area (Å²) in [5.74, 6) is 1.08. The number of aryl methyl sites for hydroxylation is 1. The Morgan fingerprint density at radius 2 is 0.959 bits per heavy atom. The lowest BCUT2D eigenvalue weighted by Crippen LogP contribution is -1.99. The van der Waals surface area contributed by atoms with Gasteiger partial charge >= 0.3 is 0 Å². The number of aromatic nitrogens is 2. The van der Waals surface area contributed by atoms with Gasteiger partial charge in [0.2, 0.25) is 0 Å². The van der Waals surface area contributed by atoms with Gasteiger partial charge in [0, 0.05) is 12.1 Å². The molecule has 1 aromatic heterocycles. The van der Waals surface area contributed by atoms with Crippen LogP contribution in [0.3, 0.4) is 0 Å². The summed E-state index contributed by atoms with van der Waals surface area (Å²) in [4.78, 5) is 4.87. The zero-order valence-corrected chi connectivity index (χ0v) is 27.2. The van der Waals surface area contributed by atoms with Gasteiger partial charge in [0.1, 0.15) is 5.82 Å². The number of nitrogens with zero attached hydrogens (tertiary/aromatic N) is 2. The predicted octanol–water partition coefficient (Wildman–Crippen LogP) is 12.7. The molecule has 49 heavy (non-hydrogen) atoms. The van der Waals surface area contributed by atoms with Crippen LogP contribution < -0.4 is 0 Å². The van der Waals surface area contributed by atoms with E-state index in [0.717, 1.165) is 29.0 Å². The normalized spacial score (nSPS) is 11.9. The average Bonchev–Trinajstić information content (AvgIpc) is 3.55. The molecule has 0 fully saturated rings. The van der Waals surface area contributed by atoms with Crippen LogP contribution in [0.4, 0.5) is 0 Å². The first-order valence-corrected chi connectivity index (χ1v) is 17.1. The predicted molar refractivity (Wildman–Crippen MR) is 209 cm³/mol. The van der Waals surface area contributed by atoms with Crippen molar-refractivity contribution < 1.29 is 0 Å². The molecule has 0 atom stereocenters. The molecule has 10 rings (SSSR count). The highest BCUT2D eigenvalue weighted by Crippen LogP contribution is 2.42. The van der Waals surface area contributed by atoms with E-state index in [-0.39, 0.29) is 0 Å². The molecule has 0 spiro atoms. The summed E-state index contributed by atoms with van der Waals surface area (Å²) in [6.45, 7) is 2.17. The van der Waals surface area contributed by atoms with Gasteiger partial charge in [-0.25, -0.2) is 4.98 Å². The molecule has 0 saturated heterocycles. The van der Waals surface area contributed by atoms with Crippen LogP contribution in [0.2, 0.25) is 0 Å². The van der Waals surface area contributed by atoms with Crippen molar-refractivity contribution in [3.05, 3.63) is 170 Å². The molecular formula is C47H32N2. The lowest BCUT2D eigenvalue weighted by Gasteiger charge is -2.15. The van der Waals surface area contributed by atoms with Gasteiger partial charge in [-0.3, -0.25) is 4.57 Å². The van der Waals surface area contributed by atoms with Gasteiger partial charge in [-0.1, -0.05) is 134 Å². The van der Waals surface area contributed by atoms with E-state index in [2.05, 4.69) is 175 Å². The third-order valence-electron chi connectivity index (χ3n) is 10.3.